The van der Waals surface area contributed by atoms with Gasteiger partial charge in [0.1, 0.15) is 0 Å². The molecule has 166 valence electrons. The van der Waals surface area contributed by atoms with Crippen LogP contribution >= 0.6 is 22.9 Å². The van der Waals surface area contributed by atoms with Crippen molar-refractivity contribution in [3.8, 4) is 11.1 Å². The number of rotatable bonds is 11. The molecule has 31 heavy (non-hydrogen) atoms. The number of aliphatic carboxylic acids is 1. The second kappa shape index (κ2) is 12.4. The first kappa shape index (κ1) is 24.8. The lowest BCUT2D eigenvalue weighted by Gasteiger charge is -2.28. The Hall–Kier alpha value is -2.42. The maximum absolute atomic E-state index is 12.5. The molecule has 0 aliphatic heterocycles. The van der Waals surface area contributed by atoms with Gasteiger partial charge in [0.25, 0.3) is 0 Å². The molecule has 6 nitrogen and oxygen atoms in total. The lowest BCUT2D eigenvalue weighted by Crippen LogP contribution is -2.36. The Kier molecular flexibility index (Phi) is 9.97. The number of benzene rings is 2. The minimum absolute atomic E-state index is 0.0739. The normalized spacial score (nSPS) is 12.6. The van der Waals surface area contributed by atoms with Gasteiger partial charge in [0.05, 0.1) is 41.8 Å². The first-order chi connectivity index (χ1) is 14.8. The van der Waals surface area contributed by atoms with Gasteiger partial charge in [-0.05, 0) is 36.5 Å². The van der Waals surface area contributed by atoms with Crippen LogP contribution in [0, 0.1) is 5.92 Å². The van der Waals surface area contributed by atoms with Gasteiger partial charge in [-0.3, -0.25) is 17.5 Å². The Balaban J connectivity index is 2.15. The number of carbonyl (C=O) groups is 3. The van der Waals surface area contributed by atoms with Gasteiger partial charge in [-0.1, -0.05) is 61.5 Å². The minimum Gasteiger partial charge on any atom is -0.481 e. The molecule has 2 rings (SSSR count). The van der Waals surface area contributed by atoms with Crippen molar-refractivity contribution in [2.75, 3.05) is 6.61 Å². The number of ether oxygens (including phenoxy) is 1. The SMILES string of the molecule is CCOC(=O)[C@H](C)CC(Cc1ccc(-c2ccccc2)cc1)N(I)C(=O)CCC(=O)O. The second-order valence-electron chi connectivity index (χ2n) is 7.41. The molecule has 1 unspecified atom stereocenters. The predicted octanol–water partition coefficient (Wildman–Crippen LogP) is 4.90. The van der Waals surface area contributed by atoms with Crippen LogP contribution in [0.1, 0.15) is 38.7 Å². The van der Waals surface area contributed by atoms with E-state index in [1.165, 1.54) is 0 Å². The first-order valence-electron chi connectivity index (χ1n) is 10.3. The van der Waals surface area contributed by atoms with Crippen LogP contribution in [-0.2, 0) is 25.5 Å². The molecule has 0 spiro atoms. The summed E-state index contributed by atoms with van der Waals surface area (Å²) in [7, 11) is 0. The van der Waals surface area contributed by atoms with Crippen molar-refractivity contribution < 1.29 is 24.2 Å². The zero-order valence-electron chi connectivity index (χ0n) is 17.8. The van der Waals surface area contributed by atoms with Crippen LogP contribution in [0.3, 0.4) is 0 Å². The monoisotopic (exact) mass is 537 g/mol. The second-order valence-corrected chi connectivity index (χ2v) is 8.45. The zero-order chi connectivity index (χ0) is 22.8. The molecule has 0 fully saturated rings. The lowest BCUT2D eigenvalue weighted by atomic mass is 9.94. The largest absolute Gasteiger partial charge is 0.481 e. The Morgan fingerprint density at radius 3 is 2.19 bits per heavy atom. The Morgan fingerprint density at radius 2 is 1.61 bits per heavy atom. The van der Waals surface area contributed by atoms with Gasteiger partial charge in [-0.2, -0.15) is 0 Å². The fourth-order valence-corrected chi connectivity index (χ4v) is 3.97. The van der Waals surface area contributed by atoms with Gasteiger partial charge in [0.15, 0.2) is 0 Å². The highest BCUT2D eigenvalue weighted by Crippen LogP contribution is 2.25. The molecule has 0 aliphatic rings. The maximum atomic E-state index is 12.5. The fraction of sp³-hybridized carbons (Fsp3) is 0.375. The van der Waals surface area contributed by atoms with E-state index < -0.39 is 5.97 Å². The van der Waals surface area contributed by atoms with Crippen LogP contribution < -0.4 is 0 Å². The summed E-state index contributed by atoms with van der Waals surface area (Å²) in [5.41, 5.74) is 3.26. The van der Waals surface area contributed by atoms with Gasteiger partial charge >= 0.3 is 11.9 Å². The molecule has 1 N–H and O–H groups in total. The highest BCUT2D eigenvalue weighted by atomic mass is 127. The molecule has 2 atom stereocenters. The molecule has 0 saturated heterocycles. The van der Waals surface area contributed by atoms with E-state index >= 15 is 0 Å². The van der Waals surface area contributed by atoms with Crippen LogP contribution in [0.5, 0.6) is 0 Å². The first-order valence-corrected chi connectivity index (χ1v) is 11.3. The van der Waals surface area contributed by atoms with Crippen molar-refractivity contribution in [1.29, 1.82) is 0 Å². The van der Waals surface area contributed by atoms with Gasteiger partial charge in [-0.15, -0.1) is 0 Å². The van der Waals surface area contributed by atoms with Gasteiger partial charge < -0.3 is 9.84 Å². The van der Waals surface area contributed by atoms with Crippen LogP contribution in [0.25, 0.3) is 11.1 Å². The summed E-state index contributed by atoms with van der Waals surface area (Å²) < 4.78 is 6.66. The average molecular weight is 537 g/mol. The summed E-state index contributed by atoms with van der Waals surface area (Å²) in [6.45, 7) is 3.85. The molecule has 0 radical (unpaired) electrons. The summed E-state index contributed by atoms with van der Waals surface area (Å²) in [4.78, 5) is 35.5. The number of amides is 1. The molecule has 0 heterocycles. The van der Waals surface area contributed by atoms with Gasteiger partial charge in [0.2, 0.25) is 5.91 Å². The van der Waals surface area contributed by atoms with Crippen LogP contribution in [0.4, 0.5) is 0 Å². The summed E-state index contributed by atoms with van der Waals surface area (Å²) in [6, 6.07) is 17.9. The maximum Gasteiger partial charge on any atom is 0.308 e. The third-order valence-corrected chi connectivity index (χ3v) is 6.28. The average Bonchev–Trinajstić information content (AvgIpc) is 2.77. The van der Waals surface area contributed by atoms with Gasteiger partial charge in [0, 0.05) is 12.5 Å². The van der Waals surface area contributed by atoms with Crippen LogP contribution in [-0.4, -0.2) is 38.7 Å². The van der Waals surface area contributed by atoms with Crippen molar-refractivity contribution in [3.05, 3.63) is 60.2 Å². The predicted molar refractivity (Wildman–Crippen MR) is 128 cm³/mol. The third-order valence-electron chi connectivity index (χ3n) is 4.96. The molecule has 2 aromatic carbocycles. The summed E-state index contributed by atoms with van der Waals surface area (Å²) in [6.07, 6.45) is 0.696. The van der Waals surface area contributed by atoms with E-state index in [-0.39, 0.29) is 36.7 Å². The molecule has 7 heteroatoms. The molecular weight excluding hydrogens is 509 g/mol. The Labute approximate surface area is 197 Å². The number of hydrogen-bond acceptors (Lipinski definition) is 4. The Bertz CT molecular complexity index is 869. The standard InChI is InChI=1S/C24H28INO5/c1-3-31-24(30)17(2)15-21(26(25)22(27)13-14-23(28)29)16-18-9-11-20(12-10-18)19-7-5-4-6-8-19/h4-12,17,21H,3,13-16H2,1-2H3,(H,28,29)/t17-,21?/m1/s1. The number of carboxylic acids is 1. The van der Waals surface area contributed by atoms with Crippen molar-refractivity contribution in [1.82, 2.24) is 3.11 Å². The van der Waals surface area contributed by atoms with E-state index in [1.54, 1.807) is 17.0 Å². The number of carboxylic acid groups (broad SMARTS) is 1. The summed E-state index contributed by atoms with van der Waals surface area (Å²) in [5, 5.41) is 8.88. The van der Waals surface area contributed by atoms with Crippen molar-refractivity contribution in [3.63, 3.8) is 0 Å². The smallest absolute Gasteiger partial charge is 0.308 e. The molecule has 0 aromatic heterocycles. The summed E-state index contributed by atoms with van der Waals surface area (Å²) in [5.74, 6) is -1.94. The highest BCUT2D eigenvalue weighted by Gasteiger charge is 2.27. The minimum atomic E-state index is -1.01. The van der Waals surface area contributed by atoms with E-state index in [9.17, 15) is 14.4 Å². The van der Waals surface area contributed by atoms with E-state index in [0.29, 0.717) is 19.4 Å². The Morgan fingerprint density at radius 1 is 1.00 bits per heavy atom. The number of halogens is 1. The van der Waals surface area contributed by atoms with E-state index in [4.69, 9.17) is 9.84 Å². The van der Waals surface area contributed by atoms with Crippen molar-refractivity contribution in [2.45, 2.75) is 45.6 Å². The van der Waals surface area contributed by atoms with Crippen LogP contribution in [0.15, 0.2) is 54.6 Å². The van der Waals surface area contributed by atoms with E-state index in [0.717, 1.165) is 16.7 Å². The molecular formula is C24H28INO5. The van der Waals surface area contributed by atoms with Crippen LogP contribution in [0.2, 0.25) is 0 Å². The number of hydrogen-bond donors (Lipinski definition) is 1. The lowest BCUT2D eigenvalue weighted by molar-refractivity contribution is -0.148. The fourth-order valence-electron chi connectivity index (χ4n) is 3.31. The topological polar surface area (TPSA) is 83.9 Å². The summed E-state index contributed by atoms with van der Waals surface area (Å²) >= 11 is 1.94. The molecule has 0 bridgehead atoms. The molecule has 0 aliphatic carbocycles. The number of carbonyl (C=O) groups excluding carboxylic acids is 2. The molecule has 2 aromatic rings. The molecule has 0 saturated carbocycles. The number of esters is 1. The zero-order valence-corrected chi connectivity index (χ0v) is 19.9. The van der Waals surface area contributed by atoms with E-state index in [1.807, 2.05) is 77.5 Å². The van der Waals surface area contributed by atoms with Gasteiger partial charge in [-0.25, -0.2) is 0 Å². The van der Waals surface area contributed by atoms with E-state index in [2.05, 4.69) is 0 Å². The highest BCUT2D eigenvalue weighted by molar-refractivity contribution is 14.1. The number of nitrogens with zero attached hydrogens (tertiary/aromatic N) is 1. The quantitative estimate of drug-likeness (QED) is 0.251. The third kappa shape index (κ3) is 7.97. The van der Waals surface area contributed by atoms with Crippen molar-refractivity contribution >= 4 is 40.7 Å². The molecule has 1 amide bonds. The van der Waals surface area contributed by atoms with Crippen molar-refractivity contribution in [2.24, 2.45) is 5.92 Å².